The number of benzene rings is 2. The monoisotopic (exact) mass is 413 g/mol. The SMILES string of the molecule is Cc1nc(-c2cccc(CNC3CC3)c2)c(CO)nc1-c1cccc(Cl)c1Cl. The highest BCUT2D eigenvalue weighted by molar-refractivity contribution is 6.43. The van der Waals surface area contributed by atoms with Crippen LogP contribution < -0.4 is 5.32 Å². The molecule has 1 aliphatic rings. The van der Waals surface area contributed by atoms with Crippen LogP contribution in [0.5, 0.6) is 0 Å². The summed E-state index contributed by atoms with van der Waals surface area (Å²) in [5, 5.41) is 14.4. The van der Waals surface area contributed by atoms with E-state index in [9.17, 15) is 5.11 Å². The molecule has 2 aromatic carbocycles. The maximum absolute atomic E-state index is 9.95. The number of nitrogens with zero attached hydrogens (tertiary/aromatic N) is 2. The van der Waals surface area contributed by atoms with Crippen molar-refractivity contribution in [1.82, 2.24) is 15.3 Å². The summed E-state index contributed by atoms with van der Waals surface area (Å²) in [5.74, 6) is 0. The molecule has 0 spiro atoms. The Morgan fingerprint density at radius 2 is 1.86 bits per heavy atom. The number of aliphatic hydroxyl groups is 1. The zero-order valence-electron chi connectivity index (χ0n) is 15.5. The standard InChI is InChI=1S/C22H21Cl2N3O/c1-13-21(17-6-3-7-18(23)20(17)24)27-19(12-28)22(26-13)15-5-2-4-14(10-15)11-25-16-8-9-16/h2-7,10,16,25,28H,8-9,11-12H2,1H3. The van der Waals surface area contributed by atoms with E-state index < -0.39 is 0 Å². The lowest BCUT2D eigenvalue weighted by Crippen LogP contribution is -2.15. The molecule has 4 nitrogen and oxygen atoms in total. The summed E-state index contributed by atoms with van der Waals surface area (Å²) in [6.45, 7) is 2.51. The molecule has 6 heteroatoms. The van der Waals surface area contributed by atoms with Crippen LogP contribution in [-0.4, -0.2) is 21.1 Å². The molecule has 0 amide bonds. The van der Waals surface area contributed by atoms with E-state index in [1.165, 1.54) is 18.4 Å². The van der Waals surface area contributed by atoms with Crippen molar-refractivity contribution in [2.24, 2.45) is 0 Å². The van der Waals surface area contributed by atoms with Crippen molar-refractivity contribution in [1.29, 1.82) is 0 Å². The summed E-state index contributed by atoms with van der Waals surface area (Å²) in [4.78, 5) is 9.45. The lowest BCUT2D eigenvalue weighted by atomic mass is 10.0. The van der Waals surface area contributed by atoms with Crippen LogP contribution in [-0.2, 0) is 13.2 Å². The molecule has 1 saturated carbocycles. The normalized spacial score (nSPS) is 13.7. The molecule has 4 rings (SSSR count). The van der Waals surface area contributed by atoms with E-state index in [2.05, 4.69) is 22.4 Å². The van der Waals surface area contributed by atoms with Crippen molar-refractivity contribution in [3.05, 3.63) is 69.5 Å². The number of hydrogen-bond donors (Lipinski definition) is 2. The molecule has 0 aliphatic heterocycles. The highest BCUT2D eigenvalue weighted by atomic mass is 35.5. The maximum Gasteiger partial charge on any atom is 0.0945 e. The van der Waals surface area contributed by atoms with Gasteiger partial charge in [0, 0.05) is 23.7 Å². The third-order valence-corrected chi connectivity index (χ3v) is 5.69. The van der Waals surface area contributed by atoms with Crippen LogP contribution in [0.25, 0.3) is 22.5 Å². The number of aromatic nitrogens is 2. The van der Waals surface area contributed by atoms with E-state index in [1.54, 1.807) is 6.07 Å². The fraction of sp³-hybridized carbons (Fsp3) is 0.273. The molecule has 1 aromatic heterocycles. The predicted molar refractivity (Wildman–Crippen MR) is 113 cm³/mol. The van der Waals surface area contributed by atoms with Crippen LogP contribution in [0.2, 0.25) is 10.0 Å². The maximum atomic E-state index is 9.95. The fourth-order valence-electron chi connectivity index (χ4n) is 3.22. The largest absolute Gasteiger partial charge is 0.390 e. The Hall–Kier alpha value is -1.98. The summed E-state index contributed by atoms with van der Waals surface area (Å²) in [6, 6.07) is 14.3. The first-order chi connectivity index (χ1) is 13.6. The van der Waals surface area contributed by atoms with Crippen molar-refractivity contribution in [3.63, 3.8) is 0 Å². The van der Waals surface area contributed by atoms with Gasteiger partial charge in [-0.15, -0.1) is 0 Å². The van der Waals surface area contributed by atoms with Crippen molar-refractivity contribution in [2.75, 3.05) is 0 Å². The van der Waals surface area contributed by atoms with Gasteiger partial charge in [0.05, 0.1) is 39.4 Å². The highest BCUT2D eigenvalue weighted by Gasteiger charge is 2.20. The van der Waals surface area contributed by atoms with Gasteiger partial charge in [0.15, 0.2) is 0 Å². The van der Waals surface area contributed by atoms with Gasteiger partial charge in [-0.25, -0.2) is 9.97 Å². The second kappa shape index (κ2) is 8.18. The molecule has 2 N–H and O–H groups in total. The number of rotatable bonds is 6. The first-order valence-corrected chi connectivity index (χ1v) is 10.1. The van der Waals surface area contributed by atoms with Crippen LogP contribution >= 0.6 is 23.2 Å². The van der Waals surface area contributed by atoms with Crippen molar-refractivity contribution in [2.45, 2.75) is 39.0 Å². The Morgan fingerprint density at radius 3 is 2.61 bits per heavy atom. The molecule has 0 unspecified atom stereocenters. The fourth-order valence-corrected chi connectivity index (χ4v) is 3.61. The second-order valence-corrected chi connectivity index (χ2v) is 7.85. The molecule has 0 radical (unpaired) electrons. The summed E-state index contributed by atoms with van der Waals surface area (Å²) in [7, 11) is 0. The van der Waals surface area contributed by atoms with Crippen LogP contribution in [0.3, 0.4) is 0 Å². The number of nitrogens with one attached hydrogen (secondary N) is 1. The lowest BCUT2D eigenvalue weighted by molar-refractivity contribution is 0.277. The van der Waals surface area contributed by atoms with Crippen molar-refractivity contribution in [3.8, 4) is 22.5 Å². The predicted octanol–water partition coefficient (Wildman–Crippen LogP) is 5.17. The molecule has 3 aromatic rings. The minimum atomic E-state index is -0.210. The molecule has 1 fully saturated rings. The van der Waals surface area contributed by atoms with Crippen LogP contribution in [0, 0.1) is 6.92 Å². The first kappa shape index (κ1) is 19.3. The highest BCUT2D eigenvalue weighted by Crippen LogP contribution is 2.35. The molecule has 0 bridgehead atoms. The quantitative estimate of drug-likeness (QED) is 0.584. The zero-order valence-corrected chi connectivity index (χ0v) is 17.1. The number of hydrogen-bond acceptors (Lipinski definition) is 4. The van der Waals surface area contributed by atoms with Gasteiger partial charge in [0.1, 0.15) is 0 Å². The minimum absolute atomic E-state index is 0.210. The number of aryl methyl sites for hydroxylation is 1. The summed E-state index contributed by atoms with van der Waals surface area (Å²) >= 11 is 12.5. The average molecular weight is 414 g/mol. The molecule has 1 aliphatic carbocycles. The van der Waals surface area contributed by atoms with Gasteiger partial charge in [-0.2, -0.15) is 0 Å². The Bertz CT molecular complexity index is 1020. The van der Waals surface area contributed by atoms with Crippen LogP contribution in [0.1, 0.15) is 29.8 Å². The zero-order chi connectivity index (χ0) is 19.7. The Morgan fingerprint density at radius 1 is 1.07 bits per heavy atom. The average Bonchev–Trinajstić information content (AvgIpc) is 3.53. The Balaban J connectivity index is 1.73. The van der Waals surface area contributed by atoms with Gasteiger partial charge in [0.2, 0.25) is 0 Å². The smallest absolute Gasteiger partial charge is 0.0945 e. The molecule has 1 heterocycles. The third kappa shape index (κ3) is 4.06. The van der Waals surface area contributed by atoms with Gasteiger partial charge in [-0.05, 0) is 37.5 Å². The molecule has 0 saturated heterocycles. The number of halogens is 2. The van der Waals surface area contributed by atoms with Gasteiger partial charge in [-0.1, -0.05) is 53.5 Å². The second-order valence-electron chi connectivity index (χ2n) is 7.07. The lowest BCUT2D eigenvalue weighted by Gasteiger charge is -2.14. The van der Waals surface area contributed by atoms with E-state index >= 15 is 0 Å². The van der Waals surface area contributed by atoms with E-state index in [0.717, 1.165) is 17.8 Å². The van der Waals surface area contributed by atoms with E-state index in [4.69, 9.17) is 28.2 Å². The molecule has 28 heavy (non-hydrogen) atoms. The van der Waals surface area contributed by atoms with Crippen LogP contribution in [0.4, 0.5) is 0 Å². The first-order valence-electron chi connectivity index (χ1n) is 9.32. The van der Waals surface area contributed by atoms with Gasteiger partial charge in [-0.3, -0.25) is 0 Å². The van der Waals surface area contributed by atoms with Gasteiger partial charge < -0.3 is 10.4 Å². The Labute approximate surface area is 174 Å². The van der Waals surface area contributed by atoms with E-state index in [0.29, 0.717) is 38.7 Å². The topological polar surface area (TPSA) is 58.0 Å². The van der Waals surface area contributed by atoms with Crippen molar-refractivity contribution >= 4 is 23.2 Å². The molecule has 0 atom stereocenters. The minimum Gasteiger partial charge on any atom is -0.390 e. The summed E-state index contributed by atoms with van der Waals surface area (Å²) in [6.07, 6.45) is 2.51. The summed E-state index contributed by atoms with van der Waals surface area (Å²) in [5.41, 5.74) is 5.42. The Kier molecular flexibility index (Phi) is 5.65. The third-order valence-electron chi connectivity index (χ3n) is 4.87. The van der Waals surface area contributed by atoms with E-state index in [-0.39, 0.29) is 6.61 Å². The van der Waals surface area contributed by atoms with Crippen LogP contribution in [0.15, 0.2) is 42.5 Å². The van der Waals surface area contributed by atoms with Gasteiger partial charge >= 0.3 is 0 Å². The van der Waals surface area contributed by atoms with E-state index in [1.807, 2.05) is 31.2 Å². The van der Waals surface area contributed by atoms with Gasteiger partial charge in [0.25, 0.3) is 0 Å². The summed E-state index contributed by atoms with van der Waals surface area (Å²) < 4.78 is 0. The number of aliphatic hydroxyl groups excluding tert-OH is 1. The van der Waals surface area contributed by atoms with Crippen molar-refractivity contribution < 1.29 is 5.11 Å². The molecular weight excluding hydrogens is 393 g/mol. The molecular formula is C22H21Cl2N3O. The molecule has 144 valence electrons.